The first kappa shape index (κ1) is 16.7. The Morgan fingerprint density at radius 1 is 1.17 bits per heavy atom. The number of hydrogen-bond donors (Lipinski definition) is 3. The fraction of sp³-hybridized carbons (Fsp3) is 0.800. The lowest BCUT2D eigenvalue weighted by molar-refractivity contribution is -0.201. The number of halogens is 3. The Bertz CT molecular complexity index is 310. The van der Waals surface area contributed by atoms with E-state index in [-0.39, 0.29) is 0 Å². The van der Waals surface area contributed by atoms with Crippen molar-refractivity contribution in [3.63, 3.8) is 0 Å². The molecule has 1 atom stereocenters. The first-order valence-corrected chi connectivity index (χ1v) is 5.24. The minimum atomic E-state index is -4.78. The Hall–Kier alpha value is -1.31. The van der Waals surface area contributed by atoms with Crippen molar-refractivity contribution in [3.05, 3.63) is 0 Å². The Labute approximate surface area is 103 Å². The van der Waals surface area contributed by atoms with Crippen molar-refractivity contribution in [2.24, 2.45) is 5.41 Å². The first-order chi connectivity index (χ1) is 7.94. The van der Waals surface area contributed by atoms with Gasteiger partial charge in [-0.2, -0.15) is 13.2 Å². The molecule has 5 nitrogen and oxygen atoms in total. The maximum Gasteiger partial charge on any atom is 0.416 e. The van der Waals surface area contributed by atoms with E-state index < -0.39 is 42.6 Å². The van der Waals surface area contributed by atoms with Crippen LogP contribution in [0.25, 0.3) is 0 Å². The van der Waals surface area contributed by atoms with E-state index in [0.29, 0.717) is 0 Å². The summed E-state index contributed by atoms with van der Waals surface area (Å²) >= 11 is 0. The number of carbonyl (C=O) groups is 2. The van der Waals surface area contributed by atoms with Crippen LogP contribution in [0.5, 0.6) is 0 Å². The van der Waals surface area contributed by atoms with Crippen LogP contribution < -0.4 is 10.6 Å². The zero-order valence-corrected chi connectivity index (χ0v) is 10.4. The summed E-state index contributed by atoms with van der Waals surface area (Å²) in [6.07, 6.45) is -7.39. The van der Waals surface area contributed by atoms with Crippen LogP contribution in [-0.2, 0) is 9.59 Å². The molecule has 0 aromatic heterocycles. The summed E-state index contributed by atoms with van der Waals surface area (Å²) in [6, 6.07) is 0. The van der Waals surface area contributed by atoms with Crippen LogP contribution in [0.4, 0.5) is 13.2 Å². The Kier molecular flexibility index (Phi) is 5.59. The second-order valence-electron chi connectivity index (χ2n) is 4.79. The summed E-state index contributed by atoms with van der Waals surface area (Å²) < 4.78 is 35.7. The minimum Gasteiger partial charge on any atom is -0.382 e. The standard InChI is InChI=1S/C10H17F3N2O3/c1-9(2,3)8(18)15-5-7(17)14-4-6(16)10(11,12)13/h6,16H,4-5H2,1-3H3,(H,14,17)(H,15,18). The Morgan fingerprint density at radius 2 is 1.67 bits per heavy atom. The third-order valence-corrected chi connectivity index (χ3v) is 1.96. The van der Waals surface area contributed by atoms with Crippen molar-refractivity contribution in [1.82, 2.24) is 10.6 Å². The monoisotopic (exact) mass is 270 g/mol. The quantitative estimate of drug-likeness (QED) is 0.682. The number of aliphatic hydroxyl groups excluding tert-OH is 1. The normalized spacial score (nSPS) is 13.9. The van der Waals surface area contributed by atoms with Crippen molar-refractivity contribution >= 4 is 11.8 Å². The summed E-state index contributed by atoms with van der Waals surface area (Å²) in [4.78, 5) is 22.4. The highest BCUT2D eigenvalue weighted by Crippen LogP contribution is 2.19. The topological polar surface area (TPSA) is 78.4 Å². The van der Waals surface area contributed by atoms with Gasteiger partial charge in [-0.05, 0) is 0 Å². The third kappa shape index (κ3) is 6.43. The molecular weight excluding hydrogens is 253 g/mol. The molecule has 0 fully saturated rings. The van der Waals surface area contributed by atoms with Gasteiger partial charge in [-0.25, -0.2) is 0 Å². The van der Waals surface area contributed by atoms with Crippen molar-refractivity contribution in [2.45, 2.75) is 33.1 Å². The van der Waals surface area contributed by atoms with E-state index in [4.69, 9.17) is 5.11 Å². The number of hydrogen-bond acceptors (Lipinski definition) is 3. The van der Waals surface area contributed by atoms with Crippen molar-refractivity contribution in [1.29, 1.82) is 0 Å². The predicted octanol–water partition coefficient (Wildman–Crippen LogP) is 0.188. The van der Waals surface area contributed by atoms with E-state index in [9.17, 15) is 22.8 Å². The van der Waals surface area contributed by atoms with Gasteiger partial charge in [0.2, 0.25) is 11.8 Å². The second-order valence-corrected chi connectivity index (χ2v) is 4.79. The van der Waals surface area contributed by atoms with Crippen LogP contribution in [0.3, 0.4) is 0 Å². The molecule has 2 amide bonds. The molecule has 0 saturated heterocycles. The van der Waals surface area contributed by atoms with E-state index in [1.165, 1.54) is 0 Å². The van der Waals surface area contributed by atoms with E-state index in [2.05, 4.69) is 5.32 Å². The predicted molar refractivity (Wildman–Crippen MR) is 57.5 cm³/mol. The van der Waals surface area contributed by atoms with Crippen LogP contribution in [0.15, 0.2) is 0 Å². The highest BCUT2D eigenvalue weighted by molar-refractivity contribution is 5.87. The van der Waals surface area contributed by atoms with Gasteiger partial charge in [0.25, 0.3) is 0 Å². The highest BCUT2D eigenvalue weighted by Gasteiger charge is 2.38. The Balaban J connectivity index is 3.98. The van der Waals surface area contributed by atoms with Gasteiger partial charge in [-0.3, -0.25) is 9.59 Å². The fourth-order valence-electron chi connectivity index (χ4n) is 0.814. The average Bonchev–Trinajstić information content (AvgIpc) is 2.19. The number of amides is 2. The fourth-order valence-corrected chi connectivity index (χ4v) is 0.814. The lowest BCUT2D eigenvalue weighted by Gasteiger charge is -2.18. The molecule has 0 aliphatic rings. The van der Waals surface area contributed by atoms with E-state index in [1.807, 2.05) is 5.32 Å². The molecule has 106 valence electrons. The number of aliphatic hydroxyl groups is 1. The van der Waals surface area contributed by atoms with Crippen LogP contribution >= 0.6 is 0 Å². The van der Waals surface area contributed by atoms with Gasteiger partial charge >= 0.3 is 6.18 Å². The van der Waals surface area contributed by atoms with Gasteiger partial charge in [0.05, 0.1) is 13.1 Å². The Morgan fingerprint density at radius 3 is 2.06 bits per heavy atom. The summed E-state index contributed by atoms with van der Waals surface area (Å²) in [5.41, 5.74) is -0.689. The molecule has 3 N–H and O–H groups in total. The average molecular weight is 270 g/mol. The molecule has 0 bridgehead atoms. The molecule has 8 heteroatoms. The molecule has 0 aliphatic heterocycles. The number of alkyl halides is 3. The summed E-state index contributed by atoms with van der Waals surface area (Å²) in [7, 11) is 0. The van der Waals surface area contributed by atoms with Crippen LogP contribution in [-0.4, -0.2) is 42.3 Å². The van der Waals surface area contributed by atoms with Gasteiger partial charge in [0.15, 0.2) is 6.10 Å². The van der Waals surface area contributed by atoms with Gasteiger partial charge < -0.3 is 15.7 Å². The first-order valence-electron chi connectivity index (χ1n) is 5.24. The van der Waals surface area contributed by atoms with Gasteiger partial charge in [0.1, 0.15) is 0 Å². The summed E-state index contributed by atoms with van der Waals surface area (Å²) in [6.45, 7) is 3.53. The smallest absolute Gasteiger partial charge is 0.382 e. The van der Waals surface area contributed by atoms with Gasteiger partial charge in [-0.15, -0.1) is 0 Å². The molecule has 0 saturated carbocycles. The minimum absolute atomic E-state index is 0.394. The zero-order valence-electron chi connectivity index (χ0n) is 10.4. The van der Waals surface area contributed by atoms with Crippen molar-refractivity contribution < 1.29 is 27.9 Å². The molecular formula is C10H17F3N2O3. The molecule has 0 aliphatic carbocycles. The molecule has 0 aromatic rings. The largest absolute Gasteiger partial charge is 0.416 e. The molecule has 0 aromatic carbocycles. The molecule has 0 heterocycles. The van der Waals surface area contributed by atoms with Crippen LogP contribution in [0, 0.1) is 5.41 Å². The molecule has 18 heavy (non-hydrogen) atoms. The van der Waals surface area contributed by atoms with E-state index in [1.54, 1.807) is 20.8 Å². The lowest BCUT2D eigenvalue weighted by Crippen LogP contribution is -2.45. The molecule has 0 rings (SSSR count). The van der Waals surface area contributed by atoms with Crippen molar-refractivity contribution in [3.8, 4) is 0 Å². The van der Waals surface area contributed by atoms with Crippen LogP contribution in [0.2, 0.25) is 0 Å². The molecule has 0 radical (unpaired) electrons. The second kappa shape index (κ2) is 6.03. The van der Waals surface area contributed by atoms with Gasteiger partial charge in [-0.1, -0.05) is 20.8 Å². The molecule has 1 unspecified atom stereocenters. The number of carbonyl (C=O) groups excluding carboxylic acids is 2. The van der Waals surface area contributed by atoms with Crippen molar-refractivity contribution in [2.75, 3.05) is 13.1 Å². The molecule has 0 spiro atoms. The number of nitrogens with one attached hydrogen (secondary N) is 2. The SMILES string of the molecule is CC(C)(C)C(=O)NCC(=O)NCC(O)C(F)(F)F. The maximum absolute atomic E-state index is 11.9. The highest BCUT2D eigenvalue weighted by atomic mass is 19.4. The maximum atomic E-state index is 11.9. The summed E-state index contributed by atoms with van der Waals surface area (Å²) in [5, 5.41) is 12.8. The van der Waals surface area contributed by atoms with E-state index >= 15 is 0 Å². The lowest BCUT2D eigenvalue weighted by atomic mass is 9.96. The van der Waals surface area contributed by atoms with E-state index in [0.717, 1.165) is 0 Å². The third-order valence-electron chi connectivity index (χ3n) is 1.96. The zero-order chi connectivity index (χ0) is 14.6. The summed E-state index contributed by atoms with van der Waals surface area (Å²) in [5.74, 6) is -1.19. The number of rotatable bonds is 4. The van der Waals surface area contributed by atoms with Crippen LogP contribution in [0.1, 0.15) is 20.8 Å². The van der Waals surface area contributed by atoms with Gasteiger partial charge in [0, 0.05) is 5.41 Å².